The lowest BCUT2D eigenvalue weighted by Crippen LogP contribution is -2.15. The summed E-state index contributed by atoms with van der Waals surface area (Å²) in [7, 11) is 1.50. The molecular weight excluding hydrogens is 294 g/mol. The molecule has 2 aromatic rings. The van der Waals surface area contributed by atoms with Crippen LogP contribution >= 0.6 is 11.6 Å². The van der Waals surface area contributed by atoms with E-state index in [4.69, 9.17) is 21.4 Å². The minimum absolute atomic E-state index is 0.0611. The van der Waals surface area contributed by atoms with Gasteiger partial charge in [-0.15, -0.1) is 0 Å². The molecule has 0 aliphatic heterocycles. The number of carboxylic acids is 1. The van der Waals surface area contributed by atoms with Crippen LogP contribution in [0.2, 0.25) is 5.02 Å². The molecule has 2 rings (SSSR count). The summed E-state index contributed by atoms with van der Waals surface area (Å²) in [6, 6.07) is 11.0. The Balaban J connectivity index is 2.31. The van der Waals surface area contributed by atoms with Gasteiger partial charge < -0.3 is 15.2 Å². The molecule has 21 heavy (non-hydrogen) atoms. The fraction of sp³-hybridized carbons (Fsp3) is 0.0667. The lowest BCUT2D eigenvalue weighted by atomic mass is 10.1. The average molecular weight is 306 g/mol. The molecule has 0 unspecified atom stereocenters. The third-order valence-corrected chi connectivity index (χ3v) is 3.12. The number of carbonyl (C=O) groups is 2. The quantitative estimate of drug-likeness (QED) is 0.908. The van der Waals surface area contributed by atoms with Gasteiger partial charge in [-0.2, -0.15) is 0 Å². The highest BCUT2D eigenvalue weighted by atomic mass is 35.5. The van der Waals surface area contributed by atoms with E-state index in [2.05, 4.69) is 5.32 Å². The molecule has 0 bridgehead atoms. The van der Waals surface area contributed by atoms with E-state index in [-0.39, 0.29) is 16.3 Å². The van der Waals surface area contributed by atoms with E-state index in [1.54, 1.807) is 30.3 Å². The van der Waals surface area contributed by atoms with Crippen LogP contribution in [0, 0.1) is 0 Å². The molecule has 2 N–H and O–H groups in total. The molecule has 0 aliphatic rings. The van der Waals surface area contributed by atoms with Gasteiger partial charge in [0.15, 0.2) is 0 Å². The number of anilines is 1. The van der Waals surface area contributed by atoms with Gasteiger partial charge in [0.25, 0.3) is 5.91 Å². The van der Waals surface area contributed by atoms with Crippen LogP contribution in [0.5, 0.6) is 5.75 Å². The van der Waals surface area contributed by atoms with Crippen LogP contribution in [-0.2, 0) is 0 Å². The van der Waals surface area contributed by atoms with Crippen molar-refractivity contribution in [2.45, 2.75) is 0 Å². The van der Waals surface area contributed by atoms with Crippen molar-refractivity contribution in [3.63, 3.8) is 0 Å². The van der Waals surface area contributed by atoms with E-state index < -0.39 is 11.9 Å². The second kappa shape index (κ2) is 6.28. The first kappa shape index (κ1) is 14.9. The molecule has 2 aromatic carbocycles. The number of carbonyl (C=O) groups excluding carboxylic acids is 1. The fourth-order valence-electron chi connectivity index (χ4n) is 1.80. The Morgan fingerprint density at radius 3 is 2.57 bits per heavy atom. The number of amides is 1. The maximum Gasteiger partial charge on any atom is 0.339 e. The molecule has 0 radical (unpaired) electrons. The molecular formula is C15H12ClNO4. The number of nitrogens with one attached hydrogen (secondary N) is 1. The smallest absolute Gasteiger partial charge is 0.339 e. The number of ether oxygens (including phenoxy) is 1. The van der Waals surface area contributed by atoms with Crippen molar-refractivity contribution in [1.29, 1.82) is 0 Å². The summed E-state index contributed by atoms with van der Waals surface area (Å²) in [5.41, 5.74) is 0.351. The Labute approximate surface area is 126 Å². The van der Waals surface area contributed by atoms with Crippen LogP contribution < -0.4 is 10.1 Å². The average Bonchev–Trinajstić information content (AvgIpc) is 2.47. The zero-order chi connectivity index (χ0) is 15.4. The van der Waals surface area contributed by atoms with Gasteiger partial charge in [0.1, 0.15) is 11.3 Å². The highest BCUT2D eigenvalue weighted by Crippen LogP contribution is 2.25. The van der Waals surface area contributed by atoms with Gasteiger partial charge in [0.05, 0.1) is 17.8 Å². The first-order valence-corrected chi connectivity index (χ1v) is 6.38. The molecule has 0 saturated carbocycles. The lowest BCUT2D eigenvalue weighted by Gasteiger charge is -2.10. The molecule has 0 heterocycles. The summed E-state index contributed by atoms with van der Waals surface area (Å²) in [4.78, 5) is 23.4. The first-order chi connectivity index (χ1) is 10.0. The van der Waals surface area contributed by atoms with Crippen LogP contribution in [0.1, 0.15) is 20.7 Å². The van der Waals surface area contributed by atoms with E-state index in [0.29, 0.717) is 11.3 Å². The van der Waals surface area contributed by atoms with Crippen molar-refractivity contribution in [2.75, 3.05) is 12.4 Å². The Kier molecular flexibility index (Phi) is 4.45. The van der Waals surface area contributed by atoms with Gasteiger partial charge in [-0.3, -0.25) is 4.79 Å². The van der Waals surface area contributed by atoms with Gasteiger partial charge in [0.2, 0.25) is 0 Å². The standard InChI is InChI=1S/C15H12ClNO4/c1-21-10-5-2-4-9(8-10)14(18)17-12-7-3-6-11(16)13(12)15(19)20/h2-8H,1H3,(H,17,18)(H,19,20). The summed E-state index contributed by atoms with van der Waals surface area (Å²) in [6.45, 7) is 0. The zero-order valence-corrected chi connectivity index (χ0v) is 11.8. The number of carboxylic acid groups (broad SMARTS) is 1. The fourth-order valence-corrected chi connectivity index (χ4v) is 2.06. The van der Waals surface area contributed by atoms with Crippen molar-refractivity contribution >= 4 is 29.2 Å². The number of benzene rings is 2. The second-order valence-electron chi connectivity index (χ2n) is 4.15. The zero-order valence-electron chi connectivity index (χ0n) is 11.1. The van der Waals surface area contributed by atoms with E-state index in [9.17, 15) is 9.59 Å². The monoisotopic (exact) mass is 305 g/mol. The van der Waals surface area contributed by atoms with Crippen LogP contribution in [0.3, 0.4) is 0 Å². The number of hydrogen-bond acceptors (Lipinski definition) is 3. The first-order valence-electron chi connectivity index (χ1n) is 6.00. The van der Waals surface area contributed by atoms with Crippen molar-refractivity contribution in [3.05, 3.63) is 58.6 Å². The predicted octanol–water partition coefficient (Wildman–Crippen LogP) is 3.30. The molecule has 108 valence electrons. The number of aromatic carboxylic acids is 1. The maximum atomic E-state index is 12.2. The van der Waals surface area contributed by atoms with Gasteiger partial charge in [-0.25, -0.2) is 4.79 Å². The Morgan fingerprint density at radius 2 is 1.90 bits per heavy atom. The van der Waals surface area contributed by atoms with E-state index in [1.165, 1.54) is 19.2 Å². The summed E-state index contributed by atoms with van der Waals surface area (Å²) in [5, 5.41) is 11.8. The molecule has 6 heteroatoms. The highest BCUT2D eigenvalue weighted by Gasteiger charge is 2.17. The molecule has 0 aromatic heterocycles. The number of methoxy groups -OCH3 is 1. The number of rotatable bonds is 4. The summed E-state index contributed by atoms with van der Waals surface area (Å²) < 4.78 is 5.04. The second-order valence-corrected chi connectivity index (χ2v) is 4.56. The third kappa shape index (κ3) is 3.32. The largest absolute Gasteiger partial charge is 0.497 e. The molecule has 5 nitrogen and oxygen atoms in total. The normalized spacial score (nSPS) is 10.0. The van der Waals surface area contributed by atoms with Crippen molar-refractivity contribution < 1.29 is 19.4 Å². The van der Waals surface area contributed by atoms with E-state index in [1.807, 2.05) is 0 Å². The van der Waals surface area contributed by atoms with Crippen LogP contribution in [0.15, 0.2) is 42.5 Å². The van der Waals surface area contributed by atoms with Gasteiger partial charge in [0, 0.05) is 5.56 Å². The Bertz CT molecular complexity index is 700. The van der Waals surface area contributed by atoms with Crippen LogP contribution in [0.4, 0.5) is 5.69 Å². The SMILES string of the molecule is COc1cccc(C(=O)Nc2cccc(Cl)c2C(=O)O)c1. The molecule has 0 saturated heterocycles. The molecule has 1 amide bonds. The molecule has 0 spiro atoms. The molecule has 0 atom stereocenters. The van der Waals surface area contributed by atoms with Gasteiger partial charge >= 0.3 is 5.97 Å². The van der Waals surface area contributed by atoms with Crippen LogP contribution in [-0.4, -0.2) is 24.1 Å². The Morgan fingerprint density at radius 1 is 1.19 bits per heavy atom. The Hall–Kier alpha value is -2.53. The van der Waals surface area contributed by atoms with Crippen molar-refractivity contribution in [2.24, 2.45) is 0 Å². The van der Waals surface area contributed by atoms with E-state index in [0.717, 1.165) is 0 Å². The predicted molar refractivity (Wildman–Crippen MR) is 79.4 cm³/mol. The minimum Gasteiger partial charge on any atom is -0.497 e. The summed E-state index contributed by atoms with van der Waals surface area (Å²) in [5.74, 6) is -1.12. The summed E-state index contributed by atoms with van der Waals surface area (Å²) >= 11 is 5.85. The minimum atomic E-state index is -1.21. The number of halogens is 1. The lowest BCUT2D eigenvalue weighted by molar-refractivity contribution is 0.0698. The van der Waals surface area contributed by atoms with E-state index >= 15 is 0 Å². The summed E-state index contributed by atoms with van der Waals surface area (Å²) in [6.07, 6.45) is 0. The molecule has 0 aliphatic carbocycles. The van der Waals surface area contributed by atoms with Crippen LogP contribution in [0.25, 0.3) is 0 Å². The maximum absolute atomic E-state index is 12.2. The molecule has 0 fully saturated rings. The topological polar surface area (TPSA) is 75.6 Å². The van der Waals surface area contributed by atoms with Gasteiger partial charge in [-0.05, 0) is 30.3 Å². The van der Waals surface area contributed by atoms with Gasteiger partial charge in [-0.1, -0.05) is 23.7 Å². The van der Waals surface area contributed by atoms with Crippen molar-refractivity contribution in [3.8, 4) is 5.75 Å². The van der Waals surface area contributed by atoms with Crippen molar-refractivity contribution in [1.82, 2.24) is 0 Å². The third-order valence-electron chi connectivity index (χ3n) is 2.81. The number of hydrogen-bond donors (Lipinski definition) is 2. The highest BCUT2D eigenvalue weighted by molar-refractivity contribution is 6.34.